The molecule has 0 aliphatic heterocycles. The van der Waals surface area contributed by atoms with E-state index in [1.807, 2.05) is 0 Å². The van der Waals surface area contributed by atoms with Crippen LogP contribution in [0.5, 0.6) is 0 Å². The number of halogens is 5. The molecule has 0 saturated heterocycles. The fourth-order valence-corrected chi connectivity index (χ4v) is 2.08. The van der Waals surface area contributed by atoms with Crippen LogP contribution >= 0.6 is 0 Å². The van der Waals surface area contributed by atoms with Gasteiger partial charge in [0.2, 0.25) is 6.43 Å². The van der Waals surface area contributed by atoms with Gasteiger partial charge >= 0.3 is 6.18 Å². The number of rotatable bonds is 6. The minimum absolute atomic E-state index is 0.162. The van der Waals surface area contributed by atoms with E-state index in [1.165, 1.54) is 6.92 Å². The van der Waals surface area contributed by atoms with Gasteiger partial charge in [-0.15, -0.1) is 0 Å². The molecule has 0 aliphatic rings. The summed E-state index contributed by atoms with van der Waals surface area (Å²) in [6.45, 7) is 0.971. The van der Waals surface area contributed by atoms with Crippen LogP contribution in [0.4, 0.5) is 22.0 Å². The average molecular weight is 326 g/mol. The van der Waals surface area contributed by atoms with Gasteiger partial charge in [0.1, 0.15) is 11.3 Å². The van der Waals surface area contributed by atoms with Crippen molar-refractivity contribution < 1.29 is 26.7 Å². The first-order valence-electron chi connectivity index (χ1n) is 6.46. The monoisotopic (exact) mass is 326 g/mol. The molecular formula is C13H15F5N2O2. The number of nitrogens with two attached hydrogens (primary N) is 1. The zero-order valence-electron chi connectivity index (χ0n) is 11.7. The molecule has 0 bridgehead atoms. The lowest BCUT2D eigenvalue weighted by Crippen LogP contribution is -2.35. The Morgan fingerprint density at radius 1 is 1.32 bits per heavy atom. The largest absolute Gasteiger partial charge is 0.431 e. The smallest absolute Gasteiger partial charge is 0.365 e. The molecule has 22 heavy (non-hydrogen) atoms. The second-order valence-electron chi connectivity index (χ2n) is 4.81. The van der Waals surface area contributed by atoms with Crippen molar-refractivity contribution in [3.05, 3.63) is 33.7 Å². The molecule has 0 aliphatic carbocycles. The zero-order valence-corrected chi connectivity index (χ0v) is 11.7. The Morgan fingerprint density at radius 3 is 2.32 bits per heavy atom. The third kappa shape index (κ3) is 4.28. The Labute approximate surface area is 122 Å². The van der Waals surface area contributed by atoms with E-state index in [9.17, 15) is 31.5 Å². The highest BCUT2D eigenvalue weighted by Crippen LogP contribution is 2.29. The maximum Gasteiger partial charge on any atom is 0.431 e. The molecule has 9 heteroatoms. The fourth-order valence-electron chi connectivity index (χ4n) is 2.08. The van der Waals surface area contributed by atoms with E-state index in [0.29, 0.717) is 16.7 Å². The molecule has 1 aromatic heterocycles. The lowest BCUT2D eigenvalue weighted by Gasteiger charge is -2.21. The summed E-state index contributed by atoms with van der Waals surface area (Å²) in [6, 6.07) is 1.24. The Morgan fingerprint density at radius 2 is 1.91 bits per heavy atom. The van der Waals surface area contributed by atoms with E-state index in [4.69, 9.17) is 5.73 Å². The van der Waals surface area contributed by atoms with Crippen LogP contribution in [0.25, 0.3) is 0 Å². The molecule has 1 aromatic rings. The molecule has 124 valence electrons. The van der Waals surface area contributed by atoms with Crippen molar-refractivity contribution in [3.8, 4) is 0 Å². The van der Waals surface area contributed by atoms with Crippen LogP contribution in [-0.2, 0) is 12.7 Å². The first-order chi connectivity index (χ1) is 10.1. The summed E-state index contributed by atoms with van der Waals surface area (Å²) >= 11 is 0. The molecule has 1 heterocycles. The van der Waals surface area contributed by atoms with Gasteiger partial charge in [-0.1, -0.05) is 13.3 Å². The highest BCUT2D eigenvalue weighted by Gasteiger charge is 2.35. The summed E-state index contributed by atoms with van der Waals surface area (Å²) in [4.78, 5) is 23.1. The topological polar surface area (TPSA) is 65.1 Å². The average Bonchev–Trinajstić information content (AvgIpc) is 2.37. The molecular weight excluding hydrogens is 311 g/mol. The first kappa shape index (κ1) is 18.1. The number of aromatic nitrogens is 1. The van der Waals surface area contributed by atoms with Gasteiger partial charge in [0, 0.05) is 13.0 Å². The van der Waals surface area contributed by atoms with Crippen molar-refractivity contribution in [2.75, 3.05) is 0 Å². The van der Waals surface area contributed by atoms with E-state index in [2.05, 4.69) is 0 Å². The van der Waals surface area contributed by atoms with Crippen LogP contribution in [0.3, 0.4) is 0 Å². The lowest BCUT2D eigenvalue weighted by atomic mass is 10.0. The Kier molecular flexibility index (Phi) is 5.67. The summed E-state index contributed by atoms with van der Waals surface area (Å²) in [5.74, 6) is -2.00. The highest BCUT2D eigenvalue weighted by atomic mass is 19.4. The van der Waals surface area contributed by atoms with E-state index < -0.39 is 54.2 Å². The summed E-state index contributed by atoms with van der Waals surface area (Å²) in [7, 11) is 0. The number of pyridine rings is 1. The molecule has 4 nitrogen and oxygen atoms in total. The molecule has 0 fully saturated rings. The number of carbonyl (C=O) groups is 1. The number of carbonyl (C=O) groups excluding carboxylic acids is 1. The van der Waals surface area contributed by atoms with Crippen molar-refractivity contribution in [2.24, 2.45) is 11.7 Å². The highest BCUT2D eigenvalue weighted by molar-refractivity contribution is 5.92. The third-order valence-corrected chi connectivity index (χ3v) is 3.26. The summed E-state index contributed by atoms with van der Waals surface area (Å²) in [5.41, 5.74) is 1.80. The van der Waals surface area contributed by atoms with Crippen molar-refractivity contribution >= 4 is 5.91 Å². The maximum atomic E-state index is 13.0. The quantitative estimate of drug-likeness (QED) is 0.817. The molecule has 1 atom stereocenters. The molecule has 0 radical (unpaired) electrons. The maximum absolute atomic E-state index is 13.0. The van der Waals surface area contributed by atoms with Gasteiger partial charge in [0.15, 0.2) is 0 Å². The molecule has 1 amide bonds. The fraction of sp³-hybridized carbons (Fsp3) is 0.538. The normalized spacial score (nSPS) is 13.4. The Hall–Kier alpha value is -1.93. The van der Waals surface area contributed by atoms with Gasteiger partial charge in [-0.05, 0) is 18.1 Å². The minimum atomic E-state index is -4.85. The molecule has 0 spiro atoms. The van der Waals surface area contributed by atoms with Crippen LogP contribution in [0.15, 0.2) is 16.9 Å². The van der Waals surface area contributed by atoms with E-state index in [1.54, 1.807) is 0 Å². The first-order valence-corrected chi connectivity index (χ1v) is 6.46. The Bertz CT molecular complexity index is 595. The number of nitrogens with zero attached hydrogens (tertiary/aromatic N) is 1. The predicted molar refractivity (Wildman–Crippen MR) is 68.6 cm³/mol. The molecule has 0 saturated carbocycles. The van der Waals surface area contributed by atoms with Gasteiger partial charge in [-0.3, -0.25) is 9.59 Å². The number of amides is 1. The van der Waals surface area contributed by atoms with Crippen LogP contribution in [0, 0.1) is 5.92 Å². The zero-order chi connectivity index (χ0) is 17.1. The molecule has 2 N–H and O–H groups in total. The number of hydrogen-bond donors (Lipinski definition) is 1. The molecule has 1 rings (SSSR count). The third-order valence-electron chi connectivity index (χ3n) is 3.26. The van der Waals surface area contributed by atoms with Crippen LogP contribution in [0.1, 0.15) is 35.8 Å². The standard InChI is InChI=1S/C13H15F5N2O2/c1-2-7(5-10(14)15)6-20-9(13(16,17)18)4-3-8(11(19)21)12(20)22/h3-4,7,10H,2,5-6H2,1H3,(H2,19,21). The van der Waals surface area contributed by atoms with Gasteiger partial charge in [-0.25, -0.2) is 8.78 Å². The number of primary amides is 1. The van der Waals surface area contributed by atoms with E-state index in [-0.39, 0.29) is 6.42 Å². The summed E-state index contributed by atoms with van der Waals surface area (Å²) in [6.07, 6.45) is -8.02. The van der Waals surface area contributed by atoms with Gasteiger partial charge in [-0.2, -0.15) is 13.2 Å². The SMILES string of the molecule is CCC(CC(F)F)Cn1c(C(F)(F)F)ccc(C(N)=O)c1=O. The number of hydrogen-bond acceptors (Lipinski definition) is 2. The number of alkyl halides is 5. The summed E-state index contributed by atoms with van der Waals surface area (Å²) < 4.78 is 64.0. The summed E-state index contributed by atoms with van der Waals surface area (Å²) in [5, 5.41) is 0. The van der Waals surface area contributed by atoms with Crippen molar-refractivity contribution in [2.45, 2.75) is 38.9 Å². The van der Waals surface area contributed by atoms with Gasteiger partial charge in [0.25, 0.3) is 11.5 Å². The van der Waals surface area contributed by atoms with Gasteiger partial charge < -0.3 is 10.3 Å². The predicted octanol–water partition coefficient (Wildman–Crippen LogP) is 2.65. The van der Waals surface area contributed by atoms with E-state index in [0.717, 1.165) is 0 Å². The molecule has 0 aromatic carbocycles. The van der Waals surface area contributed by atoms with Crippen molar-refractivity contribution in [1.82, 2.24) is 4.57 Å². The lowest BCUT2D eigenvalue weighted by molar-refractivity contribution is -0.144. The van der Waals surface area contributed by atoms with Crippen LogP contribution in [-0.4, -0.2) is 16.9 Å². The molecule has 1 unspecified atom stereocenters. The minimum Gasteiger partial charge on any atom is -0.365 e. The van der Waals surface area contributed by atoms with Gasteiger partial charge in [0.05, 0.1) is 0 Å². The van der Waals surface area contributed by atoms with Crippen molar-refractivity contribution in [1.29, 1.82) is 0 Å². The van der Waals surface area contributed by atoms with E-state index >= 15 is 0 Å². The second-order valence-corrected chi connectivity index (χ2v) is 4.81. The van der Waals surface area contributed by atoms with Crippen LogP contribution < -0.4 is 11.3 Å². The van der Waals surface area contributed by atoms with Crippen LogP contribution in [0.2, 0.25) is 0 Å². The Balaban J connectivity index is 3.37. The second kappa shape index (κ2) is 6.89. The van der Waals surface area contributed by atoms with Crippen molar-refractivity contribution in [3.63, 3.8) is 0 Å².